The van der Waals surface area contributed by atoms with E-state index in [2.05, 4.69) is 189 Å². The monoisotopic (exact) mass is 723 g/mol. The van der Waals surface area contributed by atoms with Crippen LogP contribution in [-0.4, -0.2) is 23.7 Å². The molecule has 14 rings (SSSR count). The molecule has 57 heavy (non-hydrogen) atoms. The number of rotatable bonds is 2. The van der Waals surface area contributed by atoms with Gasteiger partial charge in [-0.15, -0.1) is 10.2 Å². The van der Waals surface area contributed by atoms with E-state index < -0.39 is 0 Å². The Labute approximate surface area is 324 Å². The van der Waals surface area contributed by atoms with E-state index >= 15 is 0 Å². The minimum absolute atomic E-state index is 0.818. The molecule has 0 aliphatic carbocycles. The minimum atomic E-state index is 0.818. The zero-order valence-electron chi connectivity index (χ0n) is 30.5. The fourth-order valence-electron chi connectivity index (χ4n) is 10.4. The predicted octanol–water partition coefficient (Wildman–Crippen LogP) is 13.3. The van der Waals surface area contributed by atoms with E-state index in [0.29, 0.717) is 0 Å². The van der Waals surface area contributed by atoms with Crippen LogP contribution in [0.2, 0.25) is 0 Å². The molecule has 5 heterocycles. The highest BCUT2D eigenvalue weighted by molar-refractivity contribution is 6.35. The Kier molecular flexibility index (Phi) is 5.45. The Bertz CT molecular complexity index is 4050. The number of para-hydroxylation sites is 3. The molecule has 0 aliphatic rings. The van der Waals surface area contributed by atoms with Gasteiger partial charge in [-0.3, -0.25) is 9.13 Å². The Morgan fingerprint density at radius 2 is 0.789 bits per heavy atom. The molecular formula is C52H29N5. The van der Waals surface area contributed by atoms with Crippen LogP contribution < -0.4 is 0 Å². The molecule has 0 saturated heterocycles. The third kappa shape index (κ3) is 3.60. The van der Waals surface area contributed by atoms with Gasteiger partial charge in [0, 0.05) is 59.2 Å². The molecule has 0 saturated carbocycles. The molecule has 5 nitrogen and oxygen atoms in total. The van der Waals surface area contributed by atoms with E-state index in [9.17, 15) is 0 Å². The van der Waals surface area contributed by atoms with Crippen LogP contribution in [0.4, 0.5) is 0 Å². The third-order valence-corrected chi connectivity index (χ3v) is 12.6. The fraction of sp³-hybridized carbons (Fsp3) is 0. The van der Waals surface area contributed by atoms with Gasteiger partial charge in [-0.2, -0.15) is 0 Å². The van der Waals surface area contributed by atoms with Crippen LogP contribution in [0, 0.1) is 0 Å². The summed E-state index contributed by atoms with van der Waals surface area (Å²) in [6.45, 7) is 0. The smallest absolute Gasteiger partial charge is 0.168 e. The second-order valence-corrected chi connectivity index (χ2v) is 15.4. The lowest BCUT2D eigenvalue weighted by molar-refractivity contribution is 0.931. The molecule has 0 unspecified atom stereocenters. The molecule has 0 spiro atoms. The van der Waals surface area contributed by atoms with Gasteiger partial charge < -0.3 is 4.40 Å². The molecule has 0 atom stereocenters. The summed E-state index contributed by atoms with van der Waals surface area (Å²) in [6.07, 6.45) is 0. The minimum Gasteiger partial charge on any atom is -0.308 e. The Balaban J connectivity index is 1.19. The van der Waals surface area contributed by atoms with E-state index in [1.54, 1.807) is 0 Å². The lowest BCUT2D eigenvalue weighted by Crippen LogP contribution is -2.06. The molecule has 5 aromatic heterocycles. The van der Waals surface area contributed by atoms with Crippen LogP contribution in [0.25, 0.3) is 126 Å². The van der Waals surface area contributed by atoms with Crippen LogP contribution in [0.15, 0.2) is 176 Å². The number of hydrogen-bond donors (Lipinski definition) is 0. The second-order valence-electron chi connectivity index (χ2n) is 15.4. The summed E-state index contributed by atoms with van der Waals surface area (Å²) in [7, 11) is 0. The molecule has 0 N–H and O–H groups in total. The number of aromatic nitrogens is 5. The van der Waals surface area contributed by atoms with Crippen LogP contribution in [0.5, 0.6) is 0 Å². The molecular weight excluding hydrogens is 695 g/mol. The van der Waals surface area contributed by atoms with Crippen LogP contribution in [0.3, 0.4) is 0 Å². The molecule has 0 bridgehead atoms. The lowest BCUT2D eigenvalue weighted by Gasteiger charge is -2.15. The van der Waals surface area contributed by atoms with Crippen molar-refractivity contribution >= 4 is 114 Å². The predicted molar refractivity (Wildman–Crippen MR) is 238 cm³/mol. The van der Waals surface area contributed by atoms with Gasteiger partial charge in [-0.1, -0.05) is 146 Å². The van der Waals surface area contributed by atoms with Gasteiger partial charge in [0.2, 0.25) is 0 Å². The first-order valence-electron chi connectivity index (χ1n) is 19.5. The van der Waals surface area contributed by atoms with Gasteiger partial charge in [0.1, 0.15) is 0 Å². The third-order valence-electron chi connectivity index (χ3n) is 12.6. The standard InChI is InChI=1S/C52H29N5/c1-3-15-32-30(13-1)26-28-45-46(32)38-20-8-12-24-44(38)56(45)51-36-18-5-6-19-37(36)52(54-53-51)57-48-33-16-4-2-14-31(33)25-27-35(48)41-29-40-34-17-7-10-22-42(34)55-43-23-11-9-21-39(43)47(49(40)55)50(41)57/h1-29H. The molecule has 0 radical (unpaired) electrons. The van der Waals surface area contributed by atoms with E-state index in [4.69, 9.17) is 10.2 Å². The average molecular weight is 724 g/mol. The van der Waals surface area contributed by atoms with Crippen molar-refractivity contribution < 1.29 is 0 Å². The van der Waals surface area contributed by atoms with Crippen molar-refractivity contribution in [3.05, 3.63) is 176 Å². The molecule has 262 valence electrons. The van der Waals surface area contributed by atoms with E-state index in [0.717, 1.165) is 44.5 Å². The van der Waals surface area contributed by atoms with Gasteiger partial charge in [0.15, 0.2) is 11.6 Å². The van der Waals surface area contributed by atoms with Gasteiger partial charge in [-0.25, -0.2) is 0 Å². The highest BCUT2D eigenvalue weighted by Crippen LogP contribution is 2.48. The van der Waals surface area contributed by atoms with Crippen LogP contribution >= 0.6 is 0 Å². The van der Waals surface area contributed by atoms with Crippen molar-refractivity contribution in [3.63, 3.8) is 0 Å². The molecule has 14 aromatic rings. The van der Waals surface area contributed by atoms with Crippen LogP contribution in [0.1, 0.15) is 0 Å². The maximum Gasteiger partial charge on any atom is 0.168 e. The summed E-state index contributed by atoms with van der Waals surface area (Å²) in [5.74, 6) is 1.64. The maximum absolute atomic E-state index is 5.34. The molecule has 0 aliphatic heterocycles. The maximum atomic E-state index is 5.34. The highest BCUT2D eigenvalue weighted by Gasteiger charge is 2.27. The zero-order chi connectivity index (χ0) is 36.9. The first-order chi connectivity index (χ1) is 28.3. The van der Waals surface area contributed by atoms with Gasteiger partial charge in [-0.05, 0) is 46.5 Å². The summed E-state index contributed by atoms with van der Waals surface area (Å²) < 4.78 is 7.22. The zero-order valence-corrected chi connectivity index (χ0v) is 30.5. The SMILES string of the molecule is c1ccc2c(c1)ccc1c2c2ccccc2n1-c1nnc(-n2c3c4ccccc4ccc3c3cc4c5ccccc5n5c6ccccc6c(c32)c45)c2ccccc12. The van der Waals surface area contributed by atoms with Crippen LogP contribution in [-0.2, 0) is 0 Å². The summed E-state index contributed by atoms with van der Waals surface area (Å²) in [6, 6.07) is 63.9. The Morgan fingerprint density at radius 3 is 1.53 bits per heavy atom. The first kappa shape index (κ1) is 29.6. The van der Waals surface area contributed by atoms with E-state index in [1.165, 1.54) is 81.2 Å². The van der Waals surface area contributed by atoms with Crippen molar-refractivity contribution in [1.82, 2.24) is 23.7 Å². The van der Waals surface area contributed by atoms with Gasteiger partial charge in [0.05, 0.1) is 38.6 Å². The number of fused-ring (bicyclic) bond motifs is 18. The van der Waals surface area contributed by atoms with Crippen molar-refractivity contribution in [3.8, 4) is 11.6 Å². The van der Waals surface area contributed by atoms with Crippen molar-refractivity contribution in [2.75, 3.05) is 0 Å². The van der Waals surface area contributed by atoms with Crippen molar-refractivity contribution in [1.29, 1.82) is 0 Å². The quantitative estimate of drug-likeness (QED) is 0.178. The number of nitrogens with zero attached hydrogens (tertiary/aromatic N) is 5. The van der Waals surface area contributed by atoms with E-state index in [1.807, 2.05) is 0 Å². The second kappa shape index (κ2) is 10.5. The Morgan fingerprint density at radius 1 is 0.281 bits per heavy atom. The highest BCUT2D eigenvalue weighted by atomic mass is 15.3. The van der Waals surface area contributed by atoms with Gasteiger partial charge in [0.25, 0.3) is 0 Å². The first-order valence-corrected chi connectivity index (χ1v) is 19.5. The fourth-order valence-corrected chi connectivity index (χ4v) is 10.4. The normalized spacial score (nSPS) is 12.6. The lowest BCUT2D eigenvalue weighted by atomic mass is 10.0. The molecule has 9 aromatic carbocycles. The van der Waals surface area contributed by atoms with Crippen molar-refractivity contribution in [2.45, 2.75) is 0 Å². The van der Waals surface area contributed by atoms with E-state index in [-0.39, 0.29) is 0 Å². The molecule has 0 amide bonds. The van der Waals surface area contributed by atoms with Gasteiger partial charge >= 0.3 is 0 Å². The summed E-state index contributed by atoms with van der Waals surface area (Å²) in [4.78, 5) is 0. The molecule has 0 fully saturated rings. The molecule has 5 heteroatoms. The largest absolute Gasteiger partial charge is 0.308 e. The topological polar surface area (TPSA) is 40.0 Å². The summed E-state index contributed by atoms with van der Waals surface area (Å²) >= 11 is 0. The Hall–Kier alpha value is -7.76. The number of hydrogen-bond acceptors (Lipinski definition) is 2. The van der Waals surface area contributed by atoms with Crippen molar-refractivity contribution in [2.24, 2.45) is 0 Å². The summed E-state index contributed by atoms with van der Waals surface area (Å²) in [5.41, 5.74) is 8.19. The number of benzene rings is 9. The average Bonchev–Trinajstić information content (AvgIpc) is 4.00. The summed E-state index contributed by atoms with van der Waals surface area (Å²) in [5, 5.41) is 27.4.